The van der Waals surface area contributed by atoms with Crippen LogP contribution in [0.1, 0.15) is 16.9 Å². The lowest BCUT2D eigenvalue weighted by Gasteiger charge is -2.24. The predicted molar refractivity (Wildman–Crippen MR) is 143 cm³/mol. The van der Waals surface area contributed by atoms with Crippen LogP contribution in [0.3, 0.4) is 0 Å². The van der Waals surface area contributed by atoms with E-state index in [0.29, 0.717) is 16.5 Å². The van der Waals surface area contributed by atoms with Gasteiger partial charge in [0.2, 0.25) is 11.8 Å². The van der Waals surface area contributed by atoms with Crippen LogP contribution < -0.4 is 11.1 Å². The monoisotopic (exact) mass is 543 g/mol. The van der Waals surface area contributed by atoms with Crippen LogP contribution in [0.5, 0.6) is 0 Å². The van der Waals surface area contributed by atoms with E-state index >= 15 is 4.39 Å². The van der Waals surface area contributed by atoms with Gasteiger partial charge < -0.3 is 16.0 Å². The molecule has 6 rings (SSSR count). The maximum atomic E-state index is 15.5. The Bertz CT molecular complexity index is 1800. The number of likely N-dealkylation sites (tertiary alicyclic amines) is 1. The Morgan fingerprint density at radius 2 is 1.93 bits per heavy atom. The Labute approximate surface area is 225 Å². The summed E-state index contributed by atoms with van der Waals surface area (Å²) in [5.41, 5.74) is 7.40. The predicted octanol–water partition coefficient (Wildman–Crippen LogP) is 3.40. The number of alkyl halides is 1. The lowest BCUT2D eigenvalue weighted by atomic mass is 10.0. The topological polar surface area (TPSA) is 139 Å². The third-order valence-corrected chi connectivity index (χ3v) is 7.06. The molecule has 10 nitrogen and oxygen atoms in total. The molecule has 2 aromatic heterocycles. The molecule has 0 unspecified atom stereocenters. The fraction of sp³-hybridized carbons (Fsp3) is 0.179. The number of carbonyl (C=O) groups excluding carboxylic acids is 3. The number of hydrogen-bond donors (Lipinski definition) is 3. The normalized spacial score (nSPS) is 17.0. The summed E-state index contributed by atoms with van der Waals surface area (Å²) in [4.78, 5) is 39.4. The SMILES string of the molecule is NC(=O)c1nn(CC(=O)N2C[C@H](F)C[C@H]2C(=O)Nc2cccc(-c3ccc4cn[nH]c4c3)c2F)c2ccccc12. The molecule has 40 heavy (non-hydrogen) atoms. The van der Waals surface area contributed by atoms with Crippen molar-refractivity contribution in [2.45, 2.75) is 25.2 Å². The van der Waals surface area contributed by atoms with E-state index in [0.717, 1.165) is 15.8 Å². The number of nitrogens with zero attached hydrogens (tertiary/aromatic N) is 4. The van der Waals surface area contributed by atoms with Crippen LogP contribution in [0.4, 0.5) is 14.5 Å². The maximum absolute atomic E-state index is 15.5. The fourth-order valence-electron chi connectivity index (χ4n) is 5.13. The number of primary amides is 1. The minimum absolute atomic E-state index is 0.00418. The lowest BCUT2D eigenvalue weighted by Crippen LogP contribution is -2.44. The molecule has 1 aliphatic rings. The zero-order valence-corrected chi connectivity index (χ0v) is 21.0. The molecule has 1 aliphatic heterocycles. The van der Waals surface area contributed by atoms with Gasteiger partial charge in [0.15, 0.2) is 11.5 Å². The summed E-state index contributed by atoms with van der Waals surface area (Å²) in [6.07, 6.45) is -0.0147. The first-order valence-electron chi connectivity index (χ1n) is 12.5. The van der Waals surface area contributed by atoms with E-state index in [9.17, 15) is 18.8 Å². The molecule has 5 aromatic rings. The largest absolute Gasteiger partial charge is 0.364 e. The van der Waals surface area contributed by atoms with Gasteiger partial charge >= 0.3 is 0 Å². The van der Waals surface area contributed by atoms with Crippen molar-refractivity contribution in [1.29, 1.82) is 0 Å². The molecular weight excluding hydrogens is 520 g/mol. The van der Waals surface area contributed by atoms with Crippen LogP contribution in [-0.4, -0.2) is 61.4 Å². The van der Waals surface area contributed by atoms with Crippen molar-refractivity contribution in [1.82, 2.24) is 24.9 Å². The van der Waals surface area contributed by atoms with Crippen LogP contribution in [0.25, 0.3) is 32.9 Å². The zero-order valence-electron chi connectivity index (χ0n) is 21.0. The summed E-state index contributed by atoms with van der Waals surface area (Å²) >= 11 is 0. The molecule has 0 aliphatic carbocycles. The van der Waals surface area contributed by atoms with E-state index in [4.69, 9.17) is 5.73 Å². The van der Waals surface area contributed by atoms with Gasteiger partial charge in [-0.05, 0) is 23.8 Å². The highest BCUT2D eigenvalue weighted by molar-refractivity contribution is 6.04. The van der Waals surface area contributed by atoms with E-state index in [1.54, 1.807) is 60.8 Å². The molecule has 3 aromatic carbocycles. The molecule has 0 saturated carbocycles. The number of H-pyrrole nitrogens is 1. The number of rotatable bonds is 6. The highest BCUT2D eigenvalue weighted by atomic mass is 19.1. The minimum Gasteiger partial charge on any atom is -0.364 e. The van der Waals surface area contributed by atoms with E-state index < -0.39 is 35.8 Å². The van der Waals surface area contributed by atoms with Crippen LogP contribution in [0, 0.1) is 5.82 Å². The van der Waals surface area contributed by atoms with Crippen LogP contribution in [0.2, 0.25) is 0 Å². The van der Waals surface area contributed by atoms with Crippen molar-refractivity contribution < 1.29 is 23.2 Å². The summed E-state index contributed by atoms with van der Waals surface area (Å²) in [5, 5.41) is 14.9. The second-order valence-corrected chi connectivity index (χ2v) is 9.61. The number of aromatic amines is 1. The number of nitrogens with one attached hydrogen (secondary N) is 2. The Morgan fingerprint density at radius 3 is 2.75 bits per heavy atom. The molecule has 0 bridgehead atoms. The first-order chi connectivity index (χ1) is 19.3. The smallest absolute Gasteiger partial charge is 0.269 e. The molecule has 3 heterocycles. The number of halogens is 2. The number of anilines is 1. The average Bonchev–Trinajstić information content (AvgIpc) is 3.66. The van der Waals surface area contributed by atoms with Crippen LogP contribution >= 0.6 is 0 Å². The van der Waals surface area contributed by atoms with E-state index in [1.165, 1.54) is 10.7 Å². The van der Waals surface area contributed by atoms with Crippen molar-refractivity contribution >= 4 is 45.2 Å². The molecule has 0 spiro atoms. The number of nitrogens with two attached hydrogens (primary N) is 1. The number of carbonyl (C=O) groups is 3. The number of aromatic nitrogens is 4. The molecule has 12 heteroatoms. The number of benzene rings is 3. The number of fused-ring (bicyclic) bond motifs is 2. The summed E-state index contributed by atoms with van der Waals surface area (Å²) < 4.78 is 31.3. The van der Waals surface area contributed by atoms with Crippen molar-refractivity contribution in [2.24, 2.45) is 5.73 Å². The standard InChI is InChI=1S/C28H23F2N7O3/c29-17-11-23(36(13-17)24(38)14-37-22-7-2-1-4-19(22)26(35-37)27(31)39)28(40)33-20-6-3-5-18(25(20)30)15-8-9-16-12-32-34-21(16)10-15/h1-10,12,17,23H,11,13-14H2,(H2,31,39)(H,32,34)(H,33,40)/t17-,23+/m1/s1. The third-order valence-electron chi connectivity index (χ3n) is 7.06. The molecule has 0 radical (unpaired) electrons. The molecule has 202 valence electrons. The van der Waals surface area contributed by atoms with Gasteiger partial charge in [0.25, 0.3) is 5.91 Å². The third kappa shape index (κ3) is 4.42. The van der Waals surface area contributed by atoms with Gasteiger partial charge in [-0.1, -0.05) is 42.5 Å². The number of amides is 3. The van der Waals surface area contributed by atoms with Gasteiger partial charge in [0, 0.05) is 22.8 Å². The molecule has 4 N–H and O–H groups in total. The maximum Gasteiger partial charge on any atom is 0.269 e. The van der Waals surface area contributed by atoms with Gasteiger partial charge in [0.05, 0.1) is 29.5 Å². The van der Waals surface area contributed by atoms with Gasteiger partial charge in [-0.15, -0.1) is 0 Å². The average molecular weight is 544 g/mol. The molecule has 3 amide bonds. The summed E-state index contributed by atoms with van der Waals surface area (Å²) in [6, 6.07) is 15.5. The molecule has 1 saturated heterocycles. The van der Waals surface area contributed by atoms with Crippen molar-refractivity contribution in [3.8, 4) is 11.1 Å². The van der Waals surface area contributed by atoms with E-state index in [-0.39, 0.29) is 36.5 Å². The highest BCUT2D eigenvalue weighted by Gasteiger charge is 2.40. The van der Waals surface area contributed by atoms with Gasteiger partial charge in [-0.25, -0.2) is 8.78 Å². The first kappa shape index (κ1) is 25.2. The summed E-state index contributed by atoms with van der Waals surface area (Å²) in [5.74, 6) is -2.70. The van der Waals surface area contributed by atoms with Gasteiger partial charge in [-0.2, -0.15) is 10.2 Å². The zero-order chi connectivity index (χ0) is 28.0. The molecule has 1 fully saturated rings. The Kier molecular flexibility index (Phi) is 6.21. The van der Waals surface area contributed by atoms with Crippen molar-refractivity contribution in [2.75, 3.05) is 11.9 Å². The Morgan fingerprint density at radius 1 is 1.10 bits per heavy atom. The molecule has 2 atom stereocenters. The Hall–Kier alpha value is -5.13. The van der Waals surface area contributed by atoms with Gasteiger partial charge in [0.1, 0.15) is 18.8 Å². The van der Waals surface area contributed by atoms with Crippen LogP contribution in [-0.2, 0) is 16.1 Å². The van der Waals surface area contributed by atoms with Crippen molar-refractivity contribution in [3.05, 3.63) is 78.4 Å². The van der Waals surface area contributed by atoms with E-state index in [2.05, 4.69) is 20.6 Å². The Balaban J connectivity index is 1.23. The van der Waals surface area contributed by atoms with Gasteiger partial charge in [-0.3, -0.25) is 24.2 Å². The lowest BCUT2D eigenvalue weighted by molar-refractivity contribution is -0.137. The quantitative estimate of drug-likeness (QED) is 0.301. The summed E-state index contributed by atoms with van der Waals surface area (Å²) in [6.45, 7) is -0.643. The number of hydrogen-bond acceptors (Lipinski definition) is 5. The van der Waals surface area contributed by atoms with Crippen molar-refractivity contribution in [3.63, 3.8) is 0 Å². The van der Waals surface area contributed by atoms with E-state index in [1.807, 2.05) is 0 Å². The fourth-order valence-corrected chi connectivity index (χ4v) is 5.13. The second-order valence-electron chi connectivity index (χ2n) is 9.61. The second kappa shape index (κ2) is 9.88. The summed E-state index contributed by atoms with van der Waals surface area (Å²) in [7, 11) is 0. The van der Waals surface area contributed by atoms with Crippen LogP contribution in [0.15, 0.2) is 66.9 Å². The first-order valence-corrected chi connectivity index (χ1v) is 12.5. The number of para-hydroxylation sites is 1. The highest BCUT2D eigenvalue weighted by Crippen LogP contribution is 2.31. The minimum atomic E-state index is -1.44. The molecular formula is C28H23F2N7O3.